The van der Waals surface area contributed by atoms with E-state index in [4.69, 9.17) is 10.2 Å². The summed E-state index contributed by atoms with van der Waals surface area (Å²) in [6.45, 7) is 5.88. The zero-order chi connectivity index (χ0) is 17.5. The Kier molecular flexibility index (Phi) is 11.9. The molecular formula is C15H26HgNO6+. The summed E-state index contributed by atoms with van der Waals surface area (Å²) in [6.07, 6.45) is -3.93. The maximum absolute atomic E-state index is 9.91. The molecule has 0 saturated carbocycles. The van der Waals surface area contributed by atoms with Gasteiger partial charge in [0.05, 0.1) is 0 Å². The summed E-state index contributed by atoms with van der Waals surface area (Å²) in [6, 6.07) is 9.05. The Labute approximate surface area is 156 Å². The number of carboxylic acid groups (broad SMARTS) is 1. The SMILES string of the molecule is CC(O)C(=O)O.CC(O)[N+](c1ccccc1)(C(C)O)C(C)O.[Hg]. The van der Waals surface area contributed by atoms with Crippen molar-refractivity contribution in [3.63, 3.8) is 0 Å². The van der Waals surface area contributed by atoms with Crippen molar-refractivity contribution in [2.24, 2.45) is 0 Å². The molecule has 0 aliphatic heterocycles. The fourth-order valence-corrected chi connectivity index (χ4v) is 2.27. The first-order valence-electron chi connectivity index (χ1n) is 6.97. The van der Waals surface area contributed by atoms with Crippen molar-refractivity contribution in [2.75, 3.05) is 0 Å². The molecule has 0 fully saturated rings. The predicted octanol–water partition coefficient (Wildman–Crippen LogP) is 0.458. The van der Waals surface area contributed by atoms with Crippen LogP contribution in [-0.4, -0.2) is 56.3 Å². The summed E-state index contributed by atoms with van der Waals surface area (Å²) in [4.78, 5) is 9.45. The van der Waals surface area contributed by atoms with Crippen LogP contribution in [0.25, 0.3) is 0 Å². The Morgan fingerprint density at radius 1 is 0.870 bits per heavy atom. The zero-order valence-corrected chi connectivity index (χ0v) is 19.5. The van der Waals surface area contributed by atoms with Gasteiger partial charge in [0.15, 0.2) is 18.7 Å². The quantitative estimate of drug-likeness (QED) is 0.220. The van der Waals surface area contributed by atoms with Gasteiger partial charge in [-0.05, 0) is 19.1 Å². The normalized spacial score (nSPS) is 18.1. The second kappa shape index (κ2) is 11.1. The molecule has 1 rings (SSSR count). The first kappa shape index (κ1) is 24.7. The fourth-order valence-electron chi connectivity index (χ4n) is 2.27. The van der Waals surface area contributed by atoms with Gasteiger partial charge >= 0.3 is 5.97 Å². The summed E-state index contributed by atoms with van der Waals surface area (Å²) >= 11 is 0. The maximum atomic E-state index is 9.91. The van der Waals surface area contributed by atoms with Crippen LogP contribution in [0.1, 0.15) is 27.7 Å². The van der Waals surface area contributed by atoms with E-state index < -0.39 is 30.8 Å². The molecule has 1 aromatic rings. The molecule has 4 unspecified atom stereocenters. The van der Waals surface area contributed by atoms with Gasteiger partial charge in [-0.2, -0.15) is 0 Å². The summed E-state index contributed by atoms with van der Waals surface area (Å²) in [7, 11) is 0. The molecule has 0 aliphatic rings. The van der Waals surface area contributed by atoms with E-state index in [0.29, 0.717) is 5.69 Å². The summed E-state index contributed by atoms with van der Waals surface area (Å²) in [5.74, 6) is -1.19. The first-order valence-corrected chi connectivity index (χ1v) is 6.97. The van der Waals surface area contributed by atoms with Gasteiger partial charge in [0.25, 0.3) is 0 Å². The molecule has 23 heavy (non-hydrogen) atoms. The molecular weight excluding hydrogens is 491 g/mol. The maximum Gasteiger partial charge on any atom is 0.332 e. The Morgan fingerprint density at radius 3 is 1.39 bits per heavy atom. The second-order valence-corrected chi connectivity index (χ2v) is 5.08. The van der Waals surface area contributed by atoms with Gasteiger partial charge < -0.3 is 25.5 Å². The van der Waals surface area contributed by atoms with Gasteiger partial charge in [0.1, 0.15) is 11.8 Å². The molecule has 0 aliphatic carbocycles. The molecule has 7 nitrogen and oxygen atoms in total. The van der Waals surface area contributed by atoms with Crippen molar-refractivity contribution in [2.45, 2.75) is 52.5 Å². The van der Waals surface area contributed by atoms with E-state index in [2.05, 4.69) is 0 Å². The number of quaternary nitrogens is 1. The number of aliphatic hydroxyl groups is 4. The van der Waals surface area contributed by atoms with Crippen molar-refractivity contribution < 1.29 is 58.0 Å². The Balaban J connectivity index is 0. The molecule has 0 bridgehead atoms. The molecule has 0 saturated heterocycles. The van der Waals surface area contributed by atoms with Crippen LogP contribution in [0.15, 0.2) is 30.3 Å². The van der Waals surface area contributed by atoms with Gasteiger partial charge in [-0.1, -0.05) is 18.2 Å². The number of aliphatic carboxylic acids is 1. The molecule has 0 aromatic heterocycles. The minimum absolute atomic E-state index is 0. The third kappa shape index (κ3) is 6.44. The number of rotatable bonds is 5. The van der Waals surface area contributed by atoms with E-state index in [0.717, 1.165) is 0 Å². The van der Waals surface area contributed by atoms with Gasteiger partial charge in [0.2, 0.25) is 0 Å². The molecule has 0 spiro atoms. The number of hydrogen-bond acceptors (Lipinski definition) is 5. The number of nitrogens with zero attached hydrogens (tertiary/aromatic N) is 1. The largest absolute Gasteiger partial charge is 0.479 e. The number of carbonyl (C=O) groups is 1. The van der Waals surface area contributed by atoms with Crippen LogP contribution in [-0.2, 0) is 32.5 Å². The van der Waals surface area contributed by atoms with Gasteiger partial charge in [-0.3, -0.25) is 0 Å². The average molecular weight is 517 g/mol. The Morgan fingerprint density at radius 2 is 1.17 bits per heavy atom. The smallest absolute Gasteiger partial charge is 0.332 e. The van der Waals surface area contributed by atoms with Gasteiger partial charge in [-0.15, -0.1) is 0 Å². The minimum Gasteiger partial charge on any atom is -0.479 e. The van der Waals surface area contributed by atoms with Crippen molar-refractivity contribution in [1.82, 2.24) is 4.48 Å². The second-order valence-electron chi connectivity index (χ2n) is 5.08. The molecule has 0 amide bonds. The topological polar surface area (TPSA) is 118 Å². The number of benzene rings is 1. The molecule has 128 valence electrons. The van der Waals surface area contributed by atoms with E-state index >= 15 is 0 Å². The van der Waals surface area contributed by atoms with Crippen LogP contribution < -0.4 is 4.48 Å². The molecule has 0 radical (unpaired) electrons. The van der Waals surface area contributed by atoms with Crippen molar-refractivity contribution >= 4 is 11.7 Å². The van der Waals surface area contributed by atoms with Crippen LogP contribution in [0.2, 0.25) is 0 Å². The van der Waals surface area contributed by atoms with Crippen molar-refractivity contribution in [3.05, 3.63) is 30.3 Å². The first-order chi connectivity index (χ1) is 10.1. The van der Waals surface area contributed by atoms with Gasteiger partial charge in [-0.25, -0.2) is 9.28 Å². The fraction of sp³-hybridized carbons (Fsp3) is 0.533. The number of carboxylic acids is 1. The van der Waals surface area contributed by atoms with Gasteiger partial charge in [0, 0.05) is 48.4 Å². The standard InChI is InChI=1S/C12H20NO3.C3H6O3.Hg/c1-9(14)13(10(2)15,11(3)16)12-7-5-4-6-8-12;1-2(4)3(5)6;/h4-11,14-16H,1-3H3;2,4H,1H3,(H,5,6);/q+1;;. The Bertz CT molecular complexity index is 429. The number of hydrogen-bond donors (Lipinski definition) is 5. The number of para-hydroxylation sites is 1. The van der Waals surface area contributed by atoms with Crippen LogP contribution in [0, 0.1) is 0 Å². The van der Waals surface area contributed by atoms with Crippen molar-refractivity contribution in [3.8, 4) is 0 Å². The van der Waals surface area contributed by atoms with Crippen LogP contribution in [0.4, 0.5) is 5.69 Å². The van der Waals surface area contributed by atoms with Crippen LogP contribution in [0.3, 0.4) is 0 Å². The molecule has 0 heterocycles. The molecule has 5 N–H and O–H groups in total. The Hall–Kier alpha value is -0.575. The van der Waals surface area contributed by atoms with E-state index in [9.17, 15) is 20.1 Å². The van der Waals surface area contributed by atoms with Crippen LogP contribution in [0.5, 0.6) is 0 Å². The van der Waals surface area contributed by atoms with E-state index in [1.54, 1.807) is 32.9 Å². The molecule has 8 heteroatoms. The minimum atomic E-state index is -1.23. The van der Waals surface area contributed by atoms with Crippen LogP contribution >= 0.6 is 0 Å². The monoisotopic (exact) mass is 518 g/mol. The molecule has 1 aromatic carbocycles. The predicted molar refractivity (Wildman–Crippen MR) is 82.6 cm³/mol. The summed E-state index contributed by atoms with van der Waals surface area (Å²) in [5, 5.41) is 45.5. The average Bonchev–Trinajstić information content (AvgIpc) is 2.39. The van der Waals surface area contributed by atoms with Crippen molar-refractivity contribution in [1.29, 1.82) is 0 Å². The third-order valence-corrected chi connectivity index (χ3v) is 3.42. The summed E-state index contributed by atoms with van der Waals surface area (Å²) < 4.78 is -0.277. The van der Waals surface area contributed by atoms with E-state index in [1.165, 1.54) is 6.92 Å². The molecule has 4 atom stereocenters. The number of aliphatic hydroxyl groups excluding tert-OH is 4. The zero-order valence-electron chi connectivity index (χ0n) is 14.0. The van der Waals surface area contributed by atoms with E-state index in [-0.39, 0.29) is 32.2 Å². The van der Waals surface area contributed by atoms with E-state index in [1.807, 2.05) is 18.2 Å². The summed E-state index contributed by atoms with van der Waals surface area (Å²) in [5.41, 5.74) is 0.683. The third-order valence-electron chi connectivity index (χ3n) is 3.42.